The highest BCUT2D eigenvalue weighted by Gasteiger charge is 2.15. The van der Waals surface area contributed by atoms with Gasteiger partial charge in [-0.2, -0.15) is 5.10 Å². The van der Waals surface area contributed by atoms with Gasteiger partial charge in [0.1, 0.15) is 6.54 Å². The van der Waals surface area contributed by atoms with Crippen LogP contribution in [0.1, 0.15) is 11.3 Å². The number of hydrogen-bond acceptors (Lipinski definition) is 3. The van der Waals surface area contributed by atoms with Crippen LogP contribution in [0.4, 0.5) is 0 Å². The molecule has 0 fully saturated rings. The average Bonchev–Trinajstić information content (AvgIpc) is 2.94. The normalized spacial score (nSPS) is 10.7. The number of benzene rings is 1. The minimum absolute atomic E-state index is 0.198. The minimum atomic E-state index is -0.933. The zero-order valence-electron chi connectivity index (χ0n) is 13.0. The molecular formula is C18H17N3O2. The second kappa shape index (κ2) is 6.04. The highest BCUT2D eigenvalue weighted by atomic mass is 16.4. The summed E-state index contributed by atoms with van der Waals surface area (Å²) in [5.41, 5.74) is 5.13. The molecule has 2 heterocycles. The maximum atomic E-state index is 11.1. The van der Waals surface area contributed by atoms with Gasteiger partial charge in [-0.25, -0.2) is 0 Å². The molecule has 23 heavy (non-hydrogen) atoms. The van der Waals surface area contributed by atoms with Crippen LogP contribution in [0.5, 0.6) is 0 Å². The van der Waals surface area contributed by atoms with E-state index in [4.69, 9.17) is 5.11 Å². The molecular weight excluding hydrogens is 290 g/mol. The number of aromatic nitrogens is 3. The van der Waals surface area contributed by atoms with E-state index in [0.717, 1.165) is 28.2 Å². The molecule has 3 aromatic rings. The smallest absolute Gasteiger partial charge is 0.325 e. The van der Waals surface area contributed by atoms with Crippen LogP contribution >= 0.6 is 0 Å². The number of pyridine rings is 1. The van der Waals surface area contributed by atoms with Crippen molar-refractivity contribution in [2.75, 3.05) is 0 Å². The van der Waals surface area contributed by atoms with E-state index in [9.17, 15) is 4.79 Å². The van der Waals surface area contributed by atoms with Gasteiger partial charge in [-0.3, -0.25) is 14.5 Å². The molecule has 0 aliphatic heterocycles. The Hall–Kier alpha value is -2.95. The van der Waals surface area contributed by atoms with Gasteiger partial charge in [-0.1, -0.05) is 36.4 Å². The van der Waals surface area contributed by atoms with E-state index in [2.05, 4.69) is 10.1 Å². The monoisotopic (exact) mass is 307 g/mol. The third kappa shape index (κ3) is 3.13. The predicted molar refractivity (Wildman–Crippen MR) is 88.0 cm³/mol. The summed E-state index contributed by atoms with van der Waals surface area (Å²) in [6.45, 7) is 3.74. The van der Waals surface area contributed by atoms with Crippen LogP contribution in [0, 0.1) is 13.8 Å². The molecule has 116 valence electrons. The Morgan fingerprint density at radius 2 is 1.83 bits per heavy atom. The SMILES string of the molecule is Cc1ccc(-c2cc(-c3ccccc3)nn2CC(=O)O)nc1C. The molecule has 0 aliphatic carbocycles. The number of hydrogen-bond donors (Lipinski definition) is 1. The highest BCUT2D eigenvalue weighted by Crippen LogP contribution is 2.25. The van der Waals surface area contributed by atoms with Crippen molar-refractivity contribution < 1.29 is 9.90 Å². The lowest BCUT2D eigenvalue weighted by Crippen LogP contribution is -2.11. The van der Waals surface area contributed by atoms with Gasteiger partial charge in [0.05, 0.1) is 17.1 Å². The van der Waals surface area contributed by atoms with Crippen molar-refractivity contribution >= 4 is 5.97 Å². The summed E-state index contributed by atoms with van der Waals surface area (Å²) in [5, 5.41) is 13.6. The first kappa shape index (κ1) is 15.0. The lowest BCUT2D eigenvalue weighted by molar-refractivity contribution is -0.137. The lowest BCUT2D eigenvalue weighted by atomic mass is 10.1. The summed E-state index contributed by atoms with van der Waals surface area (Å²) in [6, 6.07) is 15.5. The maximum absolute atomic E-state index is 11.1. The average molecular weight is 307 g/mol. The zero-order chi connectivity index (χ0) is 16.4. The Kier molecular flexibility index (Phi) is 3.93. The number of rotatable bonds is 4. The highest BCUT2D eigenvalue weighted by molar-refractivity contribution is 5.71. The van der Waals surface area contributed by atoms with Crippen molar-refractivity contribution in [3.8, 4) is 22.6 Å². The molecule has 2 aromatic heterocycles. The van der Waals surface area contributed by atoms with Gasteiger partial charge in [-0.05, 0) is 31.5 Å². The van der Waals surface area contributed by atoms with E-state index in [-0.39, 0.29) is 6.54 Å². The number of nitrogens with zero attached hydrogens (tertiary/aromatic N) is 3. The summed E-state index contributed by atoms with van der Waals surface area (Å²) in [7, 11) is 0. The fourth-order valence-electron chi connectivity index (χ4n) is 2.39. The Morgan fingerprint density at radius 1 is 1.09 bits per heavy atom. The van der Waals surface area contributed by atoms with Crippen LogP contribution in [0.2, 0.25) is 0 Å². The third-order valence-corrected chi connectivity index (χ3v) is 3.75. The summed E-state index contributed by atoms with van der Waals surface area (Å²) >= 11 is 0. The molecule has 5 nitrogen and oxygen atoms in total. The van der Waals surface area contributed by atoms with Crippen LogP contribution < -0.4 is 0 Å². The molecule has 1 N–H and O–H groups in total. The molecule has 0 radical (unpaired) electrons. The second-order valence-corrected chi connectivity index (χ2v) is 5.43. The molecule has 0 saturated carbocycles. The first-order chi connectivity index (χ1) is 11.0. The minimum Gasteiger partial charge on any atom is -0.480 e. The first-order valence-corrected chi connectivity index (χ1v) is 7.34. The van der Waals surface area contributed by atoms with Gasteiger partial charge in [0, 0.05) is 11.3 Å². The summed E-state index contributed by atoms with van der Waals surface area (Å²) < 4.78 is 1.49. The molecule has 0 aliphatic rings. The Balaban J connectivity index is 2.12. The first-order valence-electron chi connectivity index (χ1n) is 7.34. The Labute approximate surface area is 134 Å². The molecule has 0 unspecified atom stereocenters. The van der Waals surface area contributed by atoms with Crippen molar-refractivity contribution in [2.24, 2.45) is 0 Å². The number of carboxylic acids is 1. The van der Waals surface area contributed by atoms with Gasteiger partial charge in [-0.15, -0.1) is 0 Å². The van der Waals surface area contributed by atoms with Gasteiger partial charge in [0.2, 0.25) is 0 Å². The van der Waals surface area contributed by atoms with Crippen molar-refractivity contribution in [1.29, 1.82) is 0 Å². The predicted octanol–water partition coefficient (Wildman–Crippen LogP) is 3.31. The topological polar surface area (TPSA) is 68.0 Å². The number of carboxylic acid groups (broad SMARTS) is 1. The van der Waals surface area contributed by atoms with Crippen LogP contribution in [-0.2, 0) is 11.3 Å². The summed E-state index contributed by atoms with van der Waals surface area (Å²) in [5.74, 6) is -0.933. The number of aryl methyl sites for hydroxylation is 2. The van der Waals surface area contributed by atoms with Crippen molar-refractivity contribution in [3.63, 3.8) is 0 Å². The van der Waals surface area contributed by atoms with Crippen molar-refractivity contribution in [1.82, 2.24) is 14.8 Å². The van der Waals surface area contributed by atoms with E-state index in [1.54, 1.807) is 0 Å². The molecule has 1 aromatic carbocycles. The molecule has 0 spiro atoms. The quantitative estimate of drug-likeness (QED) is 0.803. The van der Waals surface area contributed by atoms with Crippen LogP contribution in [0.25, 0.3) is 22.6 Å². The lowest BCUT2D eigenvalue weighted by Gasteiger charge is -2.06. The Bertz CT molecular complexity index is 854. The zero-order valence-corrected chi connectivity index (χ0v) is 13.0. The van der Waals surface area contributed by atoms with Crippen molar-refractivity contribution in [2.45, 2.75) is 20.4 Å². The van der Waals surface area contributed by atoms with Gasteiger partial charge in [0.15, 0.2) is 0 Å². The van der Waals surface area contributed by atoms with E-state index in [1.165, 1.54) is 4.68 Å². The number of carbonyl (C=O) groups is 1. The molecule has 0 saturated heterocycles. The molecule has 0 bridgehead atoms. The van der Waals surface area contributed by atoms with E-state index in [1.807, 2.05) is 62.4 Å². The second-order valence-electron chi connectivity index (χ2n) is 5.43. The van der Waals surface area contributed by atoms with Gasteiger partial charge in [0.25, 0.3) is 0 Å². The summed E-state index contributed by atoms with van der Waals surface area (Å²) in [6.07, 6.45) is 0. The molecule has 3 rings (SSSR count). The van der Waals surface area contributed by atoms with Gasteiger partial charge >= 0.3 is 5.97 Å². The van der Waals surface area contributed by atoms with E-state index in [0.29, 0.717) is 5.69 Å². The molecule has 0 amide bonds. The van der Waals surface area contributed by atoms with Crippen LogP contribution in [-0.4, -0.2) is 25.8 Å². The molecule has 5 heteroatoms. The standard InChI is InChI=1S/C18H17N3O2/c1-12-8-9-15(19-13(12)2)17-10-16(14-6-4-3-5-7-14)20-21(17)11-18(22)23/h3-10H,11H2,1-2H3,(H,22,23). The summed E-state index contributed by atoms with van der Waals surface area (Å²) in [4.78, 5) is 15.7. The third-order valence-electron chi connectivity index (χ3n) is 3.75. The van der Waals surface area contributed by atoms with Crippen LogP contribution in [0.3, 0.4) is 0 Å². The van der Waals surface area contributed by atoms with Gasteiger partial charge < -0.3 is 5.11 Å². The van der Waals surface area contributed by atoms with E-state index >= 15 is 0 Å². The Morgan fingerprint density at radius 3 is 2.48 bits per heavy atom. The maximum Gasteiger partial charge on any atom is 0.325 e. The fourth-order valence-corrected chi connectivity index (χ4v) is 2.39. The fraction of sp³-hybridized carbons (Fsp3) is 0.167. The largest absolute Gasteiger partial charge is 0.480 e. The van der Waals surface area contributed by atoms with Crippen molar-refractivity contribution in [3.05, 3.63) is 59.8 Å². The van der Waals surface area contributed by atoms with Crippen LogP contribution in [0.15, 0.2) is 48.5 Å². The van der Waals surface area contributed by atoms with E-state index < -0.39 is 5.97 Å². The number of aliphatic carboxylic acids is 1. The molecule has 0 atom stereocenters.